The first kappa shape index (κ1) is 53.5. The molecule has 0 atom stereocenters. The number of hydrogen-bond acceptors (Lipinski definition) is 3. The molecule has 0 bridgehead atoms. The summed E-state index contributed by atoms with van der Waals surface area (Å²) in [4.78, 5) is 0. The molecule has 590 valence electrons. The molecular weight excluding hydrogens is 1590 g/mol. The largest absolute Gasteiger partial charge is 0.135 e. The molecule has 3 heteroatoms. The maximum absolute atomic E-state index is 9.43. The topological polar surface area (TPSA) is 0 Å². The maximum atomic E-state index is 9.43. The first-order valence-electron chi connectivity index (χ1n) is 53.7. The van der Waals surface area contributed by atoms with Gasteiger partial charge in [0.1, 0.15) is 0 Å². The van der Waals surface area contributed by atoms with Crippen molar-refractivity contribution in [2.24, 2.45) is 0 Å². The second-order valence-corrected chi connectivity index (χ2v) is 34.7. The molecular formula is C124H76S3. The summed E-state index contributed by atoms with van der Waals surface area (Å²) < 4.78 is 224. The van der Waals surface area contributed by atoms with Gasteiger partial charge in [-0.25, -0.2) is 0 Å². The lowest BCUT2D eigenvalue weighted by Crippen LogP contribution is -1.92. The van der Waals surface area contributed by atoms with Gasteiger partial charge in [0.25, 0.3) is 0 Å². The zero-order valence-electron chi connectivity index (χ0n) is 91.2. The SMILES string of the molecule is [2H]c1c([2H])c([2H])c2c(-c3cccc4c3sc3ccccc34)c3c([2H])c([2H])c([2H])c([2H])c3c(-c3cc4ccccc4c4ccccc34)c2c1[2H].[2H]c1c([2H])c([2H])c2c(-c3cccc4c3sc3ccccc34)c3c([2H])c([2H])c([2H])c([2H])c3c(-c3ccc(-c4ccc5ccccc5c4)cc3)c2c1[2H].[2H]c1c([2H])c([2H])c2c(-c3cccc4c3sc3ccccc34)c3c([2H])c([2H])c([2H])c([2H])c3c(-c3ccc(-c4ccccc4)c4ccccc34)c2c1[2H]. The summed E-state index contributed by atoms with van der Waals surface area (Å²) in [6.45, 7) is 0. The molecule has 0 saturated carbocycles. The molecule has 27 rings (SSSR count). The summed E-state index contributed by atoms with van der Waals surface area (Å²) >= 11 is 4.66. The minimum absolute atomic E-state index is 0.212. The van der Waals surface area contributed by atoms with Crippen LogP contribution in [0.1, 0.15) is 32.9 Å². The molecule has 3 heterocycles. The normalized spacial score (nSPS) is 14.4. The Labute approximate surface area is 780 Å². The van der Waals surface area contributed by atoms with Gasteiger partial charge < -0.3 is 0 Å². The highest BCUT2D eigenvalue weighted by molar-refractivity contribution is 7.27. The molecule has 0 radical (unpaired) electrons. The third kappa shape index (κ3) is 12.3. The van der Waals surface area contributed by atoms with Gasteiger partial charge in [0.05, 0.1) is 32.9 Å². The average molecular weight is 1690 g/mol. The molecule has 127 heavy (non-hydrogen) atoms. The fraction of sp³-hybridized carbons (Fsp3) is 0. The summed E-state index contributed by atoms with van der Waals surface area (Å²) in [5.74, 6) is 0. The molecule has 0 aliphatic rings. The minimum Gasteiger partial charge on any atom is -0.135 e. The molecule has 0 aliphatic heterocycles. The Kier molecular flexibility index (Phi) is 13.0. The number of thiophene rings is 3. The first-order chi connectivity index (χ1) is 73.0. The Morgan fingerprint density at radius 3 is 0.858 bits per heavy atom. The van der Waals surface area contributed by atoms with Crippen LogP contribution >= 0.6 is 34.0 Å². The van der Waals surface area contributed by atoms with E-state index in [2.05, 4.69) is 30.3 Å². The van der Waals surface area contributed by atoms with Gasteiger partial charge in [0, 0.05) is 77.2 Å². The Morgan fingerprint density at radius 2 is 0.433 bits per heavy atom. The smallest absolute Gasteiger partial charge is 0.0629 e. The van der Waals surface area contributed by atoms with Crippen molar-refractivity contribution in [1.29, 1.82) is 0 Å². The van der Waals surface area contributed by atoms with E-state index in [0.717, 1.165) is 126 Å². The predicted molar refractivity (Wildman–Crippen MR) is 557 cm³/mol. The number of hydrogen-bond donors (Lipinski definition) is 0. The molecule has 0 spiro atoms. The second-order valence-electron chi connectivity index (χ2n) is 31.5. The fourth-order valence-corrected chi connectivity index (χ4v) is 22.9. The van der Waals surface area contributed by atoms with Crippen LogP contribution in [-0.2, 0) is 0 Å². The van der Waals surface area contributed by atoms with E-state index >= 15 is 0 Å². The molecule has 3 aromatic heterocycles. The second kappa shape index (κ2) is 30.8. The van der Waals surface area contributed by atoms with E-state index in [4.69, 9.17) is 16.4 Å². The lowest BCUT2D eigenvalue weighted by atomic mass is 9.83. The third-order valence-electron chi connectivity index (χ3n) is 24.7. The van der Waals surface area contributed by atoms with Crippen molar-refractivity contribution in [2.45, 2.75) is 0 Å². The van der Waals surface area contributed by atoms with Crippen molar-refractivity contribution >= 4 is 202 Å². The van der Waals surface area contributed by atoms with Gasteiger partial charge in [-0.1, -0.05) is 430 Å². The van der Waals surface area contributed by atoms with E-state index < -0.39 is 72.5 Å². The monoisotopic (exact) mass is 1680 g/mol. The summed E-state index contributed by atoms with van der Waals surface area (Å²) in [7, 11) is 0. The van der Waals surface area contributed by atoms with Gasteiger partial charge >= 0.3 is 0 Å². The predicted octanol–water partition coefficient (Wildman–Crippen LogP) is 37.0. The van der Waals surface area contributed by atoms with Crippen LogP contribution in [0.4, 0.5) is 0 Å². The zero-order chi connectivity index (χ0) is 104. The molecule has 0 fully saturated rings. The van der Waals surface area contributed by atoms with Gasteiger partial charge in [-0.2, -0.15) is 0 Å². The molecule has 24 aromatic carbocycles. The first-order valence-corrected chi connectivity index (χ1v) is 44.2. The van der Waals surface area contributed by atoms with Gasteiger partial charge in [0.15, 0.2) is 0 Å². The highest BCUT2D eigenvalue weighted by Crippen LogP contribution is 2.54. The van der Waals surface area contributed by atoms with Gasteiger partial charge in [-0.3, -0.25) is 0 Å². The number of rotatable bonds is 8. The molecule has 0 N–H and O–H groups in total. The van der Waals surface area contributed by atoms with E-state index in [9.17, 15) is 16.4 Å². The van der Waals surface area contributed by atoms with Crippen molar-refractivity contribution in [1.82, 2.24) is 0 Å². The Hall–Kier alpha value is -15.5. The van der Waals surface area contributed by atoms with Crippen LogP contribution < -0.4 is 0 Å². The summed E-state index contributed by atoms with van der Waals surface area (Å²) in [6, 6.07) is 94.8. The summed E-state index contributed by atoms with van der Waals surface area (Å²) in [5, 5.41) is 16.2. The van der Waals surface area contributed by atoms with Gasteiger partial charge in [0.2, 0.25) is 0 Å². The Morgan fingerprint density at radius 1 is 0.142 bits per heavy atom. The minimum atomic E-state index is -0.412. The van der Waals surface area contributed by atoms with E-state index in [1.54, 1.807) is 34.0 Å². The van der Waals surface area contributed by atoms with Crippen LogP contribution in [0.3, 0.4) is 0 Å². The molecule has 0 unspecified atom stereocenters. The van der Waals surface area contributed by atoms with Crippen LogP contribution in [0, 0.1) is 0 Å². The highest BCUT2D eigenvalue weighted by Gasteiger charge is 2.26. The summed E-state index contributed by atoms with van der Waals surface area (Å²) in [6.07, 6.45) is 0. The van der Waals surface area contributed by atoms with Crippen molar-refractivity contribution in [2.75, 3.05) is 0 Å². The fourth-order valence-electron chi connectivity index (χ4n) is 19.2. The molecule has 0 saturated heterocycles. The van der Waals surface area contributed by atoms with E-state index in [-0.39, 0.29) is 137 Å². The van der Waals surface area contributed by atoms with Crippen LogP contribution in [0.25, 0.3) is 257 Å². The average Bonchev–Trinajstić information content (AvgIpc) is 0.731. The molecule has 27 aromatic rings. The van der Waals surface area contributed by atoms with Crippen molar-refractivity contribution < 1.29 is 32.9 Å². The van der Waals surface area contributed by atoms with Crippen molar-refractivity contribution in [3.63, 3.8) is 0 Å². The van der Waals surface area contributed by atoms with Crippen molar-refractivity contribution in [3.05, 3.63) is 460 Å². The van der Waals surface area contributed by atoms with E-state index in [0.29, 0.717) is 66.8 Å². The highest BCUT2D eigenvalue weighted by atomic mass is 32.1. The third-order valence-corrected chi connectivity index (χ3v) is 28.4. The number of benzene rings is 24. The van der Waals surface area contributed by atoms with Crippen LogP contribution in [0.15, 0.2) is 460 Å². The lowest BCUT2D eigenvalue weighted by molar-refractivity contribution is 1.63. The van der Waals surface area contributed by atoms with Gasteiger partial charge in [-0.15, -0.1) is 34.0 Å². The van der Waals surface area contributed by atoms with E-state index in [1.807, 2.05) is 285 Å². The lowest BCUT2D eigenvalue weighted by Gasteiger charge is -2.20. The van der Waals surface area contributed by atoms with Crippen LogP contribution in [-0.4, -0.2) is 0 Å². The van der Waals surface area contributed by atoms with Crippen molar-refractivity contribution in [3.8, 4) is 89.0 Å². The standard InChI is InChI=1S/2C42H26S.C40H24S/c1-2-11-30-26-31(25-22-27(30)10-1)28-20-23-29(24-21-28)40-33-13-3-5-15-35(33)41(36-16-6-4-14-34(36)40)38-18-9-17-37-32-12-7-8-19-39(32)43-42(37)38;1-2-13-27(14-3-1)28-25-26-36(30-16-5-4-15-29(28)30)40-32-18-6-8-20-34(32)41(35-21-9-7-19-33(35)40)38-23-12-22-37-31-17-10-11-24-39(31)43-42(37)38;1-2-13-26-25(12-1)24-36(28-15-4-3-14-27(26)28)39-32-19-7-5-17-30(32)38(31-18-6-8-20-33(31)39)35-22-11-21-34-29-16-9-10-23-37(29)41-40(34)35/h2*1-26H;1-24H/i3D,4D,5D,6D,13D,14D,15D,16D;6D,7D,8D,9D,18D,19D,20D,21D;5D,6D,7D,8D,17D,18D,19D,20D. The van der Waals surface area contributed by atoms with Crippen LogP contribution in [0.2, 0.25) is 0 Å². The summed E-state index contributed by atoms with van der Waals surface area (Å²) in [5.41, 5.74) is 9.85. The molecule has 0 amide bonds. The Bertz CT molecular complexity index is 10500. The molecule has 0 nitrogen and oxygen atoms in total. The molecule has 0 aliphatic carbocycles. The maximum Gasteiger partial charge on any atom is 0.0629 e. The van der Waals surface area contributed by atoms with Gasteiger partial charge in [-0.05, 0) is 210 Å². The Balaban J connectivity index is 0.000000117. The van der Waals surface area contributed by atoms with Crippen LogP contribution in [0.5, 0.6) is 0 Å². The zero-order valence-corrected chi connectivity index (χ0v) is 69.7. The number of fused-ring (bicyclic) bond motifs is 20. The van der Waals surface area contributed by atoms with E-state index in [1.165, 1.54) is 0 Å². The quantitative estimate of drug-likeness (QED) is 0.105.